The number of allylic oxidation sites excluding steroid dienone is 2. The van der Waals surface area contributed by atoms with Gasteiger partial charge in [-0.25, -0.2) is 4.39 Å². The molecule has 0 spiro atoms. The standard InChI is InChI=1S/C13H15FO/c14-13-7-2-1-5-12(13)11-6-3-4-10(11)8-9-15/h1-2,5-7,10,15H,3-4,8-9H2/t10-/m1/s1. The lowest BCUT2D eigenvalue weighted by Gasteiger charge is -2.14. The number of hydrogen-bond acceptors (Lipinski definition) is 1. The summed E-state index contributed by atoms with van der Waals surface area (Å²) >= 11 is 0. The Labute approximate surface area is 89.3 Å². The summed E-state index contributed by atoms with van der Waals surface area (Å²) in [6, 6.07) is 6.87. The van der Waals surface area contributed by atoms with Crippen molar-refractivity contribution in [3.63, 3.8) is 0 Å². The molecule has 2 rings (SSSR count). The van der Waals surface area contributed by atoms with Gasteiger partial charge in [0.25, 0.3) is 0 Å². The van der Waals surface area contributed by atoms with Crippen molar-refractivity contribution in [3.05, 3.63) is 41.7 Å². The average molecular weight is 206 g/mol. The largest absolute Gasteiger partial charge is 0.396 e. The van der Waals surface area contributed by atoms with Gasteiger partial charge in [0, 0.05) is 12.2 Å². The molecule has 0 aromatic heterocycles. The van der Waals surface area contributed by atoms with Crippen molar-refractivity contribution in [2.24, 2.45) is 5.92 Å². The molecule has 0 radical (unpaired) electrons. The molecule has 0 amide bonds. The van der Waals surface area contributed by atoms with Crippen LogP contribution in [0.4, 0.5) is 4.39 Å². The van der Waals surface area contributed by atoms with E-state index >= 15 is 0 Å². The normalized spacial score (nSPS) is 20.4. The van der Waals surface area contributed by atoms with Crippen LogP contribution in [0.1, 0.15) is 24.8 Å². The molecule has 0 bridgehead atoms. The molecule has 1 aromatic carbocycles. The molecule has 1 N–H and O–H groups in total. The highest BCUT2D eigenvalue weighted by atomic mass is 19.1. The van der Waals surface area contributed by atoms with E-state index in [0.29, 0.717) is 11.5 Å². The molecular weight excluding hydrogens is 191 g/mol. The van der Waals surface area contributed by atoms with Crippen LogP contribution >= 0.6 is 0 Å². The molecule has 1 aliphatic rings. The van der Waals surface area contributed by atoms with Crippen LogP contribution in [0, 0.1) is 11.7 Å². The molecule has 1 atom stereocenters. The molecule has 0 saturated heterocycles. The van der Waals surface area contributed by atoms with Gasteiger partial charge in [-0.1, -0.05) is 24.3 Å². The Morgan fingerprint density at radius 3 is 2.87 bits per heavy atom. The van der Waals surface area contributed by atoms with Crippen LogP contribution in [0.2, 0.25) is 0 Å². The fourth-order valence-corrected chi connectivity index (χ4v) is 2.24. The smallest absolute Gasteiger partial charge is 0.130 e. The first-order valence-corrected chi connectivity index (χ1v) is 5.38. The number of hydrogen-bond donors (Lipinski definition) is 1. The van der Waals surface area contributed by atoms with Crippen molar-refractivity contribution in [2.45, 2.75) is 19.3 Å². The van der Waals surface area contributed by atoms with Gasteiger partial charge in [-0.3, -0.25) is 0 Å². The Kier molecular flexibility index (Phi) is 3.17. The van der Waals surface area contributed by atoms with Gasteiger partial charge in [-0.05, 0) is 36.8 Å². The topological polar surface area (TPSA) is 20.2 Å². The van der Waals surface area contributed by atoms with Gasteiger partial charge in [0.1, 0.15) is 5.82 Å². The fourth-order valence-electron chi connectivity index (χ4n) is 2.24. The third kappa shape index (κ3) is 2.10. The van der Waals surface area contributed by atoms with E-state index in [-0.39, 0.29) is 12.4 Å². The molecule has 1 nitrogen and oxygen atoms in total. The first kappa shape index (κ1) is 10.4. The Hall–Kier alpha value is -1.15. The minimum Gasteiger partial charge on any atom is -0.396 e. The van der Waals surface area contributed by atoms with Crippen molar-refractivity contribution in [1.82, 2.24) is 0 Å². The lowest BCUT2D eigenvalue weighted by Crippen LogP contribution is -2.03. The predicted octanol–water partition coefficient (Wildman–Crippen LogP) is 3.00. The molecule has 15 heavy (non-hydrogen) atoms. The van der Waals surface area contributed by atoms with Crippen LogP contribution in [0.25, 0.3) is 5.57 Å². The van der Waals surface area contributed by atoms with E-state index < -0.39 is 0 Å². The second-order valence-corrected chi connectivity index (χ2v) is 3.93. The molecule has 0 unspecified atom stereocenters. The number of aliphatic hydroxyl groups excluding tert-OH is 1. The molecule has 1 aromatic rings. The first-order chi connectivity index (χ1) is 7.33. The maximum atomic E-state index is 13.6. The van der Waals surface area contributed by atoms with Gasteiger partial charge in [0.2, 0.25) is 0 Å². The zero-order valence-corrected chi connectivity index (χ0v) is 8.62. The van der Waals surface area contributed by atoms with Crippen molar-refractivity contribution < 1.29 is 9.50 Å². The molecular formula is C13H15FO. The molecule has 80 valence electrons. The SMILES string of the molecule is OCC[C@H]1CCC=C1c1ccccc1F. The zero-order chi connectivity index (χ0) is 10.7. The monoisotopic (exact) mass is 206 g/mol. The Balaban J connectivity index is 2.27. The highest BCUT2D eigenvalue weighted by molar-refractivity contribution is 5.69. The van der Waals surface area contributed by atoms with Crippen LogP contribution < -0.4 is 0 Å². The van der Waals surface area contributed by atoms with Crippen molar-refractivity contribution >= 4 is 5.57 Å². The number of aliphatic hydroxyl groups is 1. The van der Waals surface area contributed by atoms with Crippen LogP contribution in [0.3, 0.4) is 0 Å². The number of rotatable bonds is 3. The first-order valence-electron chi connectivity index (χ1n) is 5.38. The quantitative estimate of drug-likeness (QED) is 0.806. The minimum absolute atomic E-state index is 0.159. The summed E-state index contributed by atoms with van der Waals surface area (Å²) in [4.78, 5) is 0. The maximum absolute atomic E-state index is 13.6. The Morgan fingerprint density at radius 1 is 1.33 bits per heavy atom. The van der Waals surface area contributed by atoms with E-state index in [4.69, 9.17) is 5.11 Å². The third-order valence-electron chi connectivity index (χ3n) is 2.98. The third-order valence-corrected chi connectivity index (χ3v) is 2.98. The van der Waals surface area contributed by atoms with Gasteiger partial charge in [-0.15, -0.1) is 0 Å². The van der Waals surface area contributed by atoms with E-state index in [1.54, 1.807) is 6.07 Å². The van der Waals surface area contributed by atoms with E-state index in [1.807, 2.05) is 12.1 Å². The lowest BCUT2D eigenvalue weighted by molar-refractivity contribution is 0.271. The van der Waals surface area contributed by atoms with Crippen LogP contribution in [-0.2, 0) is 0 Å². The summed E-state index contributed by atoms with van der Waals surface area (Å²) in [7, 11) is 0. The van der Waals surface area contributed by atoms with Crippen molar-refractivity contribution in [3.8, 4) is 0 Å². The second kappa shape index (κ2) is 4.58. The molecule has 2 heteroatoms. The number of benzene rings is 1. The maximum Gasteiger partial charge on any atom is 0.130 e. The van der Waals surface area contributed by atoms with E-state index in [1.165, 1.54) is 6.07 Å². The van der Waals surface area contributed by atoms with Crippen molar-refractivity contribution in [1.29, 1.82) is 0 Å². The minimum atomic E-state index is -0.159. The van der Waals surface area contributed by atoms with Crippen LogP contribution in [0.5, 0.6) is 0 Å². The summed E-state index contributed by atoms with van der Waals surface area (Å²) in [6.45, 7) is 0.177. The summed E-state index contributed by atoms with van der Waals surface area (Å²) in [6.07, 6.45) is 4.86. The molecule has 0 heterocycles. The average Bonchev–Trinajstić information content (AvgIpc) is 2.67. The highest BCUT2D eigenvalue weighted by Gasteiger charge is 2.21. The van der Waals surface area contributed by atoms with Crippen molar-refractivity contribution in [2.75, 3.05) is 6.61 Å². The summed E-state index contributed by atoms with van der Waals surface area (Å²) < 4.78 is 13.6. The molecule has 1 aliphatic carbocycles. The zero-order valence-electron chi connectivity index (χ0n) is 8.62. The predicted molar refractivity (Wildman–Crippen MR) is 58.8 cm³/mol. The number of halogens is 1. The highest BCUT2D eigenvalue weighted by Crippen LogP contribution is 2.36. The Morgan fingerprint density at radius 2 is 2.13 bits per heavy atom. The summed E-state index contributed by atoms with van der Waals surface area (Å²) in [5, 5.41) is 8.94. The van der Waals surface area contributed by atoms with Crippen LogP contribution in [-0.4, -0.2) is 11.7 Å². The van der Waals surface area contributed by atoms with Gasteiger partial charge < -0.3 is 5.11 Å². The fraction of sp³-hybridized carbons (Fsp3) is 0.385. The van der Waals surface area contributed by atoms with Gasteiger partial charge >= 0.3 is 0 Å². The molecule has 0 aliphatic heterocycles. The Bertz CT molecular complexity index is 371. The van der Waals surface area contributed by atoms with Crippen LogP contribution in [0.15, 0.2) is 30.3 Å². The molecule has 0 saturated carbocycles. The van der Waals surface area contributed by atoms with E-state index in [9.17, 15) is 4.39 Å². The van der Waals surface area contributed by atoms with Gasteiger partial charge in [0.15, 0.2) is 0 Å². The molecule has 0 fully saturated rings. The van der Waals surface area contributed by atoms with E-state index in [0.717, 1.165) is 24.8 Å². The lowest BCUT2D eigenvalue weighted by atomic mass is 9.92. The second-order valence-electron chi connectivity index (χ2n) is 3.93. The van der Waals surface area contributed by atoms with Gasteiger partial charge in [-0.2, -0.15) is 0 Å². The summed E-state index contributed by atoms with van der Waals surface area (Å²) in [5.74, 6) is 0.167. The van der Waals surface area contributed by atoms with Gasteiger partial charge in [0.05, 0.1) is 0 Å². The summed E-state index contributed by atoms with van der Waals surface area (Å²) in [5.41, 5.74) is 1.77. The van der Waals surface area contributed by atoms with E-state index in [2.05, 4.69) is 6.08 Å².